The SMILES string of the molecule is CCC(=O)N1CCC(NC(=NC)NCc2cccc(CN3CCCCCC3)c2)C1.I. The monoisotopic (exact) mass is 527 g/mol. The lowest BCUT2D eigenvalue weighted by molar-refractivity contribution is -0.129. The van der Waals surface area contributed by atoms with Crippen molar-refractivity contribution >= 4 is 35.8 Å². The summed E-state index contributed by atoms with van der Waals surface area (Å²) in [6.07, 6.45) is 6.94. The Morgan fingerprint density at radius 3 is 2.57 bits per heavy atom. The zero-order chi connectivity index (χ0) is 20.5. The normalized spacial score (nSPS) is 20.4. The Hall–Kier alpha value is -1.35. The van der Waals surface area contributed by atoms with Crippen LogP contribution in [0.5, 0.6) is 0 Å². The number of rotatable bonds is 6. The Kier molecular flexibility index (Phi) is 10.9. The largest absolute Gasteiger partial charge is 0.352 e. The van der Waals surface area contributed by atoms with Crippen LogP contribution in [0.4, 0.5) is 0 Å². The highest BCUT2D eigenvalue weighted by Crippen LogP contribution is 2.14. The minimum Gasteiger partial charge on any atom is -0.352 e. The average molecular weight is 527 g/mol. The quantitative estimate of drug-likeness (QED) is 0.339. The van der Waals surface area contributed by atoms with Gasteiger partial charge in [0.1, 0.15) is 0 Å². The van der Waals surface area contributed by atoms with E-state index >= 15 is 0 Å². The van der Waals surface area contributed by atoms with Crippen LogP contribution in [0, 0.1) is 0 Å². The van der Waals surface area contributed by atoms with Gasteiger partial charge in [-0.2, -0.15) is 0 Å². The summed E-state index contributed by atoms with van der Waals surface area (Å²) in [5, 5.41) is 6.90. The first kappa shape index (κ1) is 24.9. The molecule has 1 amide bonds. The number of hydrogen-bond acceptors (Lipinski definition) is 3. The second-order valence-corrected chi connectivity index (χ2v) is 8.26. The van der Waals surface area contributed by atoms with Crippen LogP contribution in [-0.2, 0) is 17.9 Å². The average Bonchev–Trinajstić information content (AvgIpc) is 3.06. The van der Waals surface area contributed by atoms with Gasteiger partial charge >= 0.3 is 0 Å². The van der Waals surface area contributed by atoms with Crippen LogP contribution in [0.1, 0.15) is 56.6 Å². The second-order valence-electron chi connectivity index (χ2n) is 8.26. The Morgan fingerprint density at radius 2 is 1.87 bits per heavy atom. The van der Waals surface area contributed by atoms with Crippen LogP contribution in [0.3, 0.4) is 0 Å². The molecule has 2 fully saturated rings. The summed E-state index contributed by atoms with van der Waals surface area (Å²) in [6, 6.07) is 9.14. The number of aliphatic imine (C=N–C) groups is 1. The Bertz CT molecular complexity index is 688. The van der Waals surface area contributed by atoms with Crippen molar-refractivity contribution in [2.24, 2.45) is 4.99 Å². The molecule has 0 aliphatic carbocycles. The number of hydrogen-bond donors (Lipinski definition) is 2. The van der Waals surface area contributed by atoms with E-state index in [-0.39, 0.29) is 35.9 Å². The Balaban J connectivity index is 0.00000320. The lowest BCUT2D eigenvalue weighted by Gasteiger charge is -2.20. The smallest absolute Gasteiger partial charge is 0.222 e. The molecule has 1 atom stereocenters. The van der Waals surface area contributed by atoms with Gasteiger partial charge in [0.05, 0.1) is 0 Å². The van der Waals surface area contributed by atoms with Crippen molar-refractivity contribution in [3.8, 4) is 0 Å². The third-order valence-electron chi connectivity index (χ3n) is 5.96. The predicted octanol–water partition coefficient (Wildman–Crippen LogP) is 3.36. The molecule has 2 aliphatic rings. The van der Waals surface area contributed by atoms with Crippen LogP contribution in [0.2, 0.25) is 0 Å². The van der Waals surface area contributed by atoms with Crippen LogP contribution in [0.25, 0.3) is 0 Å². The topological polar surface area (TPSA) is 60.0 Å². The highest BCUT2D eigenvalue weighted by Gasteiger charge is 2.25. The molecule has 1 aromatic carbocycles. The lowest BCUT2D eigenvalue weighted by Crippen LogP contribution is -2.44. The van der Waals surface area contributed by atoms with Gasteiger partial charge in [-0.25, -0.2) is 0 Å². The first-order chi connectivity index (χ1) is 14.2. The Labute approximate surface area is 198 Å². The van der Waals surface area contributed by atoms with Gasteiger partial charge in [0.15, 0.2) is 5.96 Å². The molecular weight excluding hydrogens is 489 g/mol. The van der Waals surface area contributed by atoms with Crippen molar-refractivity contribution in [1.82, 2.24) is 20.4 Å². The summed E-state index contributed by atoms with van der Waals surface area (Å²) in [6.45, 7) is 7.75. The number of guanidine groups is 1. The molecule has 30 heavy (non-hydrogen) atoms. The fourth-order valence-corrected chi connectivity index (χ4v) is 4.29. The molecule has 6 nitrogen and oxygen atoms in total. The number of benzene rings is 1. The summed E-state index contributed by atoms with van der Waals surface area (Å²) in [7, 11) is 1.80. The molecule has 168 valence electrons. The Morgan fingerprint density at radius 1 is 1.13 bits per heavy atom. The van der Waals surface area contributed by atoms with E-state index in [1.54, 1.807) is 7.05 Å². The van der Waals surface area contributed by atoms with E-state index in [0.717, 1.165) is 38.6 Å². The first-order valence-electron chi connectivity index (χ1n) is 11.2. The number of carbonyl (C=O) groups excluding carboxylic acids is 1. The maximum atomic E-state index is 11.9. The van der Waals surface area contributed by atoms with Gasteiger partial charge < -0.3 is 15.5 Å². The van der Waals surface area contributed by atoms with Gasteiger partial charge in [-0.05, 0) is 43.5 Å². The molecular formula is C23H38IN5O. The fraction of sp³-hybridized carbons (Fsp3) is 0.652. The van der Waals surface area contributed by atoms with Gasteiger partial charge in [-0.15, -0.1) is 24.0 Å². The van der Waals surface area contributed by atoms with E-state index in [4.69, 9.17) is 0 Å². The third-order valence-corrected chi connectivity index (χ3v) is 5.96. The number of nitrogens with zero attached hydrogens (tertiary/aromatic N) is 3. The molecule has 0 saturated carbocycles. The molecule has 0 aromatic heterocycles. The molecule has 7 heteroatoms. The second kappa shape index (κ2) is 13.1. The number of likely N-dealkylation sites (tertiary alicyclic amines) is 2. The molecule has 1 aromatic rings. The maximum Gasteiger partial charge on any atom is 0.222 e. The third kappa shape index (κ3) is 7.72. The summed E-state index contributed by atoms with van der Waals surface area (Å²) >= 11 is 0. The van der Waals surface area contributed by atoms with E-state index in [0.29, 0.717) is 6.42 Å². The van der Waals surface area contributed by atoms with Gasteiger partial charge in [0.2, 0.25) is 5.91 Å². The lowest BCUT2D eigenvalue weighted by atomic mass is 10.1. The highest BCUT2D eigenvalue weighted by atomic mass is 127. The predicted molar refractivity (Wildman–Crippen MR) is 134 cm³/mol. The molecule has 2 N–H and O–H groups in total. The number of nitrogens with one attached hydrogen (secondary N) is 2. The molecule has 2 heterocycles. The van der Waals surface area contributed by atoms with Crippen molar-refractivity contribution in [3.05, 3.63) is 35.4 Å². The standard InChI is InChI=1S/C23H37N5O.HI/c1-3-22(29)28-14-11-21(18-28)26-23(24-2)25-16-19-9-8-10-20(15-19)17-27-12-6-4-5-7-13-27;/h8-10,15,21H,3-7,11-14,16-18H2,1-2H3,(H2,24,25,26);1H. The maximum absolute atomic E-state index is 11.9. The molecule has 3 rings (SSSR count). The number of amides is 1. The van der Waals surface area contributed by atoms with Crippen LogP contribution >= 0.6 is 24.0 Å². The summed E-state index contributed by atoms with van der Waals surface area (Å²) in [4.78, 5) is 20.8. The van der Waals surface area contributed by atoms with Crippen molar-refractivity contribution in [2.75, 3.05) is 33.2 Å². The van der Waals surface area contributed by atoms with Crippen molar-refractivity contribution in [3.63, 3.8) is 0 Å². The zero-order valence-electron chi connectivity index (χ0n) is 18.5. The highest BCUT2D eigenvalue weighted by molar-refractivity contribution is 14.0. The fourth-order valence-electron chi connectivity index (χ4n) is 4.29. The summed E-state index contributed by atoms with van der Waals surface area (Å²) in [5.74, 6) is 1.04. The van der Waals surface area contributed by atoms with E-state index in [1.807, 2.05) is 11.8 Å². The molecule has 2 aliphatic heterocycles. The van der Waals surface area contributed by atoms with Crippen molar-refractivity contribution in [2.45, 2.75) is 64.6 Å². The summed E-state index contributed by atoms with van der Waals surface area (Å²) in [5.41, 5.74) is 2.66. The van der Waals surface area contributed by atoms with Crippen molar-refractivity contribution in [1.29, 1.82) is 0 Å². The van der Waals surface area contributed by atoms with Crippen LogP contribution in [0.15, 0.2) is 29.3 Å². The molecule has 1 unspecified atom stereocenters. The van der Waals surface area contributed by atoms with Gasteiger partial charge in [-0.3, -0.25) is 14.7 Å². The number of halogens is 1. The van der Waals surface area contributed by atoms with E-state index in [1.165, 1.54) is 49.9 Å². The van der Waals surface area contributed by atoms with Crippen molar-refractivity contribution < 1.29 is 4.79 Å². The minimum atomic E-state index is 0. The van der Waals surface area contributed by atoms with Crippen LogP contribution in [-0.4, -0.2) is 60.9 Å². The van der Waals surface area contributed by atoms with E-state index in [9.17, 15) is 4.79 Å². The molecule has 0 bridgehead atoms. The molecule has 0 spiro atoms. The molecule has 2 saturated heterocycles. The van der Waals surface area contributed by atoms with Crippen LogP contribution < -0.4 is 10.6 Å². The molecule has 0 radical (unpaired) electrons. The van der Waals surface area contributed by atoms with Gasteiger partial charge in [-0.1, -0.05) is 44.0 Å². The zero-order valence-corrected chi connectivity index (χ0v) is 20.9. The van der Waals surface area contributed by atoms with Gasteiger partial charge in [0, 0.05) is 45.7 Å². The first-order valence-corrected chi connectivity index (χ1v) is 11.2. The van der Waals surface area contributed by atoms with E-state index in [2.05, 4.69) is 44.8 Å². The number of carbonyl (C=O) groups is 1. The van der Waals surface area contributed by atoms with Gasteiger partial charge in [0.25, 0.3) is 0 Å². The van der Waals surface area contributed by atoms with E-state index < -0.39 is 0 Å². The minimum absolute atomic E-state index is 0. The summed E-state index contributed by atoms with van der Waals surface area (Å²) < 4.78 is 0.